The third kappa shape index (κ3) is 5.49. The third-order valence-electron chi connectivity index (χ3n) is 6.05. The van der Waals surface area contributed by atoms with Gasteiger partial charge in [0, 0.05) is 50.1 Å². The number of rotatable bonds is 8. The van der Waals surface area contributed by atoms with Gasteiger partial charge in [-0.2, -0.15) is 10.1 Å². The van der Waals surface area contributed by atoms with E-state index < -0.39 is 5.60 Å². The van der Waals surface area contributed by atoms with Gasteiger partial charge in [0.05, 0.1) is 0 Å². The highest BCUT2D eigenvalue weighted by atomic mass is 16.6. The summed E-state index contributed by atoms with van der Waals surface area (Å²) < 4.78 is 5.46. The zero-order valence-corrected chi connectivity index (χ0v) is 19.8. The van der Waals surface area contributed by atoms with E-state index in [0.717, 1.165) is 37.8 Å². The van der Waals surface area contributed by atoms with Crippen molar-refractivity contribution in [2.45, 2.75) is 59.0 Å². The molecule has 9 nitrogen and oxygen atoms in total. The lowest BCUT2D eigenvalue weighted by Gasteiger charge is -2.43. The number of carbonyl (C=O) groups is 1. The molecule has 1 amide bonds. The second kappa shape index (κ2) is 8.96. The van der Waals surface area contributed by atoms with Crippen LogP contribution in [0.3, 0.4) is 0 Å². The van der Waals surface area contributed by atoms with Gasteiger partial charge in [-0.05, 0) is 58.4 Å². The van der Waals surface area contributed by atoms with Gasteiger partial charge in [0.1, 0.15) is 11.4 Å². The molecule has 0 bridgehead atoms. The number of likely N-dealkylation sites (tertiary alicyclic amines) is 1. The number of nitrogens with one attached hydrogen (secondary N) is 2. The van der Waals surface area contributed by atoms with Crippen LogP contribution in [0, 0.1) is 11.8 Å². The van der Waals surface area contributed by atoms with Crippen LogP contribution in [0.15, 0.2) is 18.3 Å². The molecule has 1 aliphatic carbocycles. The number of H-pyrrole nitrogens is 1. The van der Waals surface area contributed by atoms with Crippen molar-refractivity contribution >= 4 is 23.7 Å². The number of carbonyl (C=O) groups excluding carboxylic acids is 1. The van der Waals surface area contributed by atoms with E-state index in [1.165, 1.54) is 18.5 Å². The van der Waals surface area contributed by atoms with Gasteiger partial charge in [0.15, 0.2) is 5.82 Å². The number of hydrogen-bond donors (Lipinski definition) is 2. The second-order valence-electron chi connectivity index (χ2n) is 10.0. The first kappa shape index (κ1) is 22.4. The third-order valence-corrected chi connectivity index (χ3v) is 6.05. The summed E-state index contributed by atoms with van der Waals surface area (Å²) in [6, 6.07) is 3.92. The molecule has 2 aliphatic rings. The normalized spacial score (nSPS) is 17.6. The van der Waals surface area contributed by atoms with Crippen molar-refractivity contribution in [3.63, 3.8) is 0 Å². The SMILES string of the molecule is CCN(CC(C)C1CN(C(=O)OC(C)(C)C)C1)c1nccc(Nc2cc(C3CC3)[nH]n2)n1. The molecule has 0 spiro atoms. The van der Waals surface area contributed by atoms with Gasteiger partial charge in [-0.25, -0.2) is 9.78 Å². The standard InChI is InChI=1S/C23H35N7O2/c1-6-29(12-15(2)17-13-30(14-17)22(31)32-23(3,4)5)21-24-10-9-19(26-21)25-20-11-18(27-28-20)16-7-8-16/h9-11,15-17H,6-8,12-14H2,1-5H3,(H2,24,25,26,27,28). The first-order valence-corrected chi connectivity index (χ1v) is 11.6. The molecule has 3 heterocycles. The monoisotopic (exact) mass is 441 g/mol. The Hall–Kier alpha value is -2.84. The first-order valence-electron chi connectivity index (χ1n) is 11.6. The Morgan fingerprint density at radius 2 is 2.09 bits per heavy atom. The lowest BCUT2D eigenvalue weighted by molar-refractivity contribution is -0.00879. The van der Waals surface area contributed by atoms with Crippen LogP contribution in [0.25, 0.3) is 0 Å². The van der Waals surface area contributed by atoms with Crippen molar-refractivity contribution in [3.05, 3.63) is 24.0 Å². The maximum absolute atomic E-state index is 12.2. The van der Waals surface area contributed by atoms with Crippen molar-refractivity contribution in [1.82, 2.24) is 25.1 Å². The van der Waals surface area contributed by atoms with Crippen LogP contribution in [0.2, 0.25) is 0 Å². The summed E-state index contributed by atoms with van der Waals surface area (Å²) in [6.45, 7) is 13.1. The Kier molecular flexibility index (Phi) is 6.26. The quantitative estimate of drug-likeness (QED) is 0.635. The maximum Gasteiger partial charge on any atom is 0.410 e. The molecule has 2 aromatic rings. The lowest BCUT2D eigenvalue weighted by Crippen LogP contribution is -2.55. The molecule has 174 valence electrons. The van der Waals surface area contributed by atoms with Crippen LogP contribution in [0.5, 0.6) is 0 Å². The summed E-state index contributed by atoms with van der Waals surface area (Å²) >= 11 is 0. The molecule has 1 atom stereocenters. The van der Waals surface area contributed by atoms with E-state index in [4.69, 9.17) is 9.72 Å². The van der Waals surface area contributed by atoms with Crippen LogP contribution in [-0.2, 0) is 4.74 Å². The fourth-order valence-corrected chi connectivity index (χ4v) is 3.90. The van der Waals surface area contributed by atoms with Gasteiger partial charge in [-0.3, -0.25) is 5.10 Å². The van der Waals surface area contributed by atoms with Crippen LogP contribution in [0.1, 0.15) is 59.1 Å². The Morgan fingerprint density at radius 1 is 1.34 bits per heavy atom. The number of ether oxygens (including phenoxy) is 1. The molecule has 2 N–H and O–H groups in total. The first-order chi connectivity index (χ1) is 15.2. The molecule has 0 aromatic carbocycles. The van der Waals surface area contributed by atoms with Gasteiger partial charge in [-0.1, -0.05) is 6.92 Å². The number of nitrogens with zero attached hydrogens (tertiary/aromatic N) is 5. The highest BCUT2D eigenvalue weighted by Gasteiger charge is 2.37. The van der Waals surface area contributed by atoms with Gasteiger partial charge in [0.2, 0.25) is 5.95 Å². The summed E-state index contributed by atoms with van der Waals surface area (Å²) in [5, 5.41) is 10.7. The molecular formula is C23H35N7O2. The molecule has 9 heteroatoms. The van der Waals surface area contributed by atoms with Crippen molar-refractivity contribution in [2.24, 2.45) is 11.8 Å². The van der Waals surface area contributed by atoms with Crippen LogP contribution in [0.4, 0.5) is 22.4 Å². The smallest absolute Gasteiger partial charge is 0.410 e. The van der Waals surface area contributed by atoms with Crippen molar-refractivity contribution in [2.75, 3.05) is 36.4 Å². The van der Waals surface area contributed by atoms with Crippen LogP contribution >= 0.6 is 0 Å². The van der Waals surface area contributed by atoms with Gasteiger partial charge in [0.25, 0.3) is 0 Å². The Morgan fingerprint density at radius 3 is 2.75 bits per heavy atom. The summed E-state index contributed by atoms with van der Waals surface area (Å²) in [4.78, 5) is 25.4. The van der Waals surface area contributed by atoms with E-state index in [1.54, 1.807) is 11.1 Å². The molecule has 2 aromatic heterocycles. The topological polar surface area (TPSA) is 99.3 Å². The van der Waals surface area contributed by atoms with E-state index in [2.05, 4.69) is 45.3 Å². The number of aromatic amines is 1. The Labute approximate surface area is 189 Å². The summed E-state index contributed by atoms with van der Waals surface area (Å²) in [5.74, 6) is 3.70. The Balaban J connectivity index is 1.31. The molecule has 32 heavy (non-hydrogen) atoms. The second-order valence-corrected chi connectivity index (χ2v) is 10.0. The molecule has 4 rings (SSSR count). The van der Waals surface area contributed by atoms with E-state index in [-0.39, 0.29) is 6.09 Å². The number of anilines is 3. The number of aromatic nitrogens is 4. The fraction of sp³-hybridized carbons (Fsp3) is 0.652. The summed E-state index contributed by atoms with van der Waals surface area (Å²) in [7, 11) is 0. The van der Waals surface area contributed by atoms with Gasteiger partial charge < -0.3 is 19.9 Å². The van der Waals surface area contributed by atoms with Crippen molar-refractivity contribution in [1.29, 1.82) is 0 Å². The number of amides is 1. The van der Waals surface area contributed by atoms with E-state index in [1.807, 2.05) is 26.8 Å². The molecule has 1 saturated heterocycles. The Bertz CT molecular complexity index is 928. The average molecular weight is 442 g/mol. The summed E-state index contributed by atoms with van der Waals surface area (Å²) in [5.41, 5.74) is 0.727. The molecule has 2 fully saturated rings. The van der Waals surface area contributed by atoms with Crippen LogP contribution < -0.4 is 10.2 Å². The van der Waals surface area contributed by atoms with E-state index >= 15 is 0 Å². The van der Waals surface area contributed by atoms with Crippen molar-refractivity contribution < 1.29 is 9.53 Å². The zero-order chi connectivity index (χ0) is 22.9. The largest absolute Gasteiger partial charge is 0.444 e. The predicted octanol–water partition coefficient (Wildman–Crippen LogP) is 4.15. The van der Waals surface area contributed by atoms with Gasteiger partial charge in [-0.15, -0.1) is 0 Å². The molecule has 1 saturated carbocycles. The highest BCUT2D eigenvalue weighted by molar-refractivity contribution is 5.69. The molecule has 1 unspecified atom stereocenters. The zero-order valence-electron chi connectivity index (χ0n) is 19.8. The molecule has 0 radical (unpaired) electrons. The minimum Gasteiger partial charge on any atom is -0.444 e. The fourth-order valence-electron chi connectivity index (χ4n) is 3.90. The molecular weight excluding hydrogens is 406 g/mol. The maximum atomic E-state index is 12.2. The average Bonchev–Trinajstić information content (AvgIpc) is 3.43. The van der Waals surface area contributed by atoms with E-state index in [0.29, 0.717) is 23.7 Å². The van der Waals surface area contributed by atoms with Crippen LogP contribution in [-0.4, -0.2) is 62.9 Å². The highest BCUT2D eigenvalue weighted by Crippen LogP contribution is 2.39. The minimum atomic E-state index is -0.460. The minimum absolute atomic E-state index is 0.224. The lowest BCUT2D eigenvalue weighted by atomic mass is 9.87. The van der Waals surface area contributed by atoms with Crippen molar-refractivity contribution in [3.8, 4) is 0 Å². The predicted molar refractivity (Wildman–Crippen MR) is 124 cm³/mol. The van der Waals surface area contributed by atoms with E-state index in [9.17, 15) is 4.79 Å². The summed E-state index contributed by atoms with van der Waals surface area (Å²) in [6.07, 6.45) is 4.03. The van der Waals surface area contributed by atoms with Gasteiger partial charge >= 0.3 is 6.09 Å². The molecule has 1 aliphatic heterocycles. The number of hydrogen-bond acceptors (Lipinski definition) is 7.